The van der Waals surface area contributed by atoms with E-state index in [1.54, 1.807) is 0 Å². The van der Waals surface area contributed by atoms with E-state index in [0.717, 1.165) is 17.2 Å². The first-order chi connectivity index (χ1) is 11.7. The minimum absolute atomic E-state index is 0.0239. The Balaban J connectivity index is 1.89. The van der Waals surface area contributed by atoms with Gasteiger partial charge in [-0.05, 0) is 55.3 Å². The zero-order valence-electron chi connectivity index (χ0n) is 13.8. The summed E-state index contributed by atoms with van der Waals surface area (Å²) in [6.45, 7) is 4.07. The van der Waals surface area contributed by atoms with Crippen molar-refractivity contribution in [1.82, 2.24) is 0 Å². The average Bonchev–Trinajstić information content (AvgIpc) is 2.54. The number of aryl methyl sites for hydroxylation is 2. The molecule has 0 aliphatic rings. The van der Waals surface area contributed by atoms with Crippen LogP contribution in [0.1, 0.15) is 16.7 Å². The van der Waals surface area contributed by atoms with Crippen molar-refractivity contribution in [3.63, 3.8) is 0 Å². The fraction of sp³-hybridized carbons (Fsp3) is 0.333. The predicted octanol–water partition coefficient (Wildman–Crippen LogP) is 4.94. The highest BCUT2D eigenvalue weighted by molar-refractivity contribution is 9.10. The maximum absolute atomic E-state index is 12.9. The van der Waals surface area contributed by atoms with Crippen LogP contribution in [0.2, 0.25) is 0 Å². The van der Waals surface area contributed by atoms with Crippen LogP contribution in [0, 0.1) is 13.8 Å². The lowest BCUT2D eigenvalue weighted by Crippen LogP contribution is -2.26. The first-order valence-corrected chi connectivity index (χ1v) is 8.45. The van der Waals surface area contributed by atoms with E-state index < -0.39 is 17.8 Å². The maximum Gasteiger partial charge on any atom is 0.417 e. The number of rotatable bonds is 6. The quantitative estimate of drug-likeness (QED) is 0.699. The number of anilines is 1. The fourth-order valence-corrected chi connectivity index (χ4v) is 2.61. The van der Waals surface area contributed by atoms with Crippen LogP contribution in [0.25, 0.3) is 0 Å². The molecule has 2 rings (SSSR count). The van der Waals surface area contributed by atoms with E-state index in [9.17, 15) is 18.3 Å². The molecular formula is C18H19BrF3NO2. The third kappa shape index (κ3) is 5.64. The lowest BCUT2D eigenvalue weighted by molar-refractivity contribution is -0.138. The molecule has 0 saturated carbocycles. The second-order valence-electron chi connectivity index (χ2n) is 5.78. The number of nitrogens with one attached hydrogen (secondary N) is 1. The van der Waals surface area contributed by atoms with Crippen molar-refractivity contribution in [2.45, 2.75) is 26.1 Å². The lowest BCUT2D eigenvalue weighted by Gasteiger charge is -2.16. The first-order valence-electron chi connectivity index (χ1n) is 7.65. The van der Waals surface area contributed by atoms with Crippen LogP contribution >= 0.6 is 15.9 Å². The monoisotopic (exact) mass is 417 g/mol. The van der Waals surface area contributed by atoms with Crippen LogP contribution in [0.3, 0.4) is 0 Å². The molecule has 0 radical (unpaired) electrons. The van der Waals surface area contributed by atoms with Crippen molar-refractivity contribution in [2.24, 2.45) is 0 Å². The van der Waals surface area contributed by atoms with Gasteiger partial charge in [0.1, 0.15) is 18.5 Å². The van der Waals surface area contributed by atoms with Crippen LogP contribution < -0.4 is 10.1 Å². The van der Waals surface area contributed by atoms with Gasteiger partial charge in [-0.15, -0.1) is 0 Å². The molecule has 0 spiro atoms. The van der Waals surface area contributed by atoms with Crippen molar-refractivity contribution in [1.29, 1.82) is 0 Å². The Hall–Kier alpha value is -1.73. The molecule has 0 aromatic heterocycles. The van der Waals surface area contributed by atoms with Crippen molar-refractivity contribution >= 4 is 21.6 Å². The van der Waals surface area contributed by atoms with Gasteiger partial charge in [0, 0.05) is 16.7 Å². The van der Waals surface area contributed by atoms with E-state index in [-0.39, 0.29) is 23.3 Å². The molecule has 2 aromatic rings. The van der Waals surface area contributed by atoms with Gasteiger partial charge in [0.15, 0.2) is 0 Å². The molecule has 0 amide bonds. The molecule has 0 aliphatic heterocycles. The van der Waals surface area contributed by atoms with Gasteiger partial charge in [-0.2, -0.15) is 13.2 Å². The Morgan fingerprint density at radius 1 is 1.12 bits per heavy atom. The second-order valence-corrected chi connectivity index (χ2v) is 6.64. The van der Waals surface area contributed by atoms with E-state index in [1.807, 2.05) is 32.0 Å². The molecule has 3 nitrogen and oxygen atoms in total. The number of benzene rings is 2. The molecule has 1 atom stereocenters. The molecule has 2 aromatic carbocycles. The Bertz CT molecular complexity index is 735. The molecule has 0 saturated heterocycles. The van der Waals surface area contributed by atoms with E-state index in [4.69, 9.17) is 4.74 Å². The molecule has 0 bridgehead atoms. The number of aliphatic hydroxyl groups is 1. The van der Waals surface area contributed by atoms with Crippen molar-refractivity contribution in [2.75, 3.05) is 18.5 Å². The van der Waals surface area contributed by atoms with E-state index in [0.29, 0.717) is 5.75 Å². The van der Waals surface area contributed by atoms with Crippen molar-refractivity contribution in [3.05, 3.63) is 57.6 Å². The fourth-order valence-electron chi connectivity index (χ4n) is 2.14. The Kier molecular flexibility index (Phi) is 6.35. The highest BCUT2D eigenvalue weighted by Gasteiger charge is 2.33. The van der Waals surface area contributed by atoms with Crippen LogP contribution in [0.4, 0.5) is 18.9 Å². The number of alkyl halides is 3. The molecule has 7 heteroatoms. The first kappa shape index (κ1) is 19.6. The average molecular weight is 418 g/mol. The van der Waals surface area contributed by atoms with Crippen molar-refractivity contribution < 1.29 is 23.0 Å². The summed E-state index contributed by atoms with van der Waals surface area (Å²) in [6, 6.07) is 9.45. The van der Waals surface area contributed by atoms with Gasteiger partial charge >= 0.3 is 6.18 Å². The van der Waals surface area contributed by atoms with Gasteiger partial charge < -0.3 is 15.2 Å². The Labute approximate surface area is 152 Å². The third-order valence-corrected chi connectivity index (χ3v) is 4.43. The third-order valence-electron chi connectivity index (χ3n) is 3.73. The van der Waals surface area contributed by atoms with E-state index in [1.165, 1.54) is 12.1 Å². The highest BCUT2D eigenvalue weighted by atomic mass is 79.9. The van der Waals surface area contributed by atoms with Gasteiger partial charge in [0.25, 0.3) is 0 Å². The van der Waals surface area contributed by atoms with Crippen LogP contribution in [0.5, 0.6) is 5.75 Å². The summed E-state index contributed by atoms with van der Waals surface area (Å²) in [5.41, 5.74) is 1.74. The number of halogens is 4. The molecule has 136 valence electrons. The predicted molar refractivity (Wildman–Crippen MR) is 95.1 cm³/mol. The standard InChI is InChI=1S/C18H19BrF3NO2/c1-11-3-5-15(7-12(11)2)25-10-14(24)9-23-13-4-6-17(19)16(8-13)18(20,21)22/h3-8,14,23-24H,9-10H2,1-2H3/t14-/m1/s1. The minimum atomic E-state index is -4.44. The summed E-state index contributed by atoms with van der Waals surface area (Å²) < 4.78 is 44.1. The normalized spacial score (nSPS) is 12.8. The highest BCUT2D eigenvalue weighted by Crippen LogP contribution is 2.36. The van der Waals surface area contributed by atoms with Gasteiger partial charge in [-0.1, -0.05) is 22.0 Å². The van der Waals surface area contributed by atoms with Crippen LogP contribution in [-0.4, -0.2) is 24.4 Å². The number of hydrogen-bond acceptors (Lipinski definition) is 3. The summed E-state index contributed by atoms with van der Waals surface area (Å²) in [5, 5.41) is 12.8. The Morgan fingerprint density at radius 3 is 2.48 bits per heavy atom. The lowest BCUT2D eigenvalue weighted by atomic mass is 10.1. The maximum atomic E-state index is 12.9. The summed E-state index contributed by atoms with van der Waals surface area (Å²) >= 11 is 2.89. The van der Waals surface area contributed by atoms with Gasteiger partial charge in [0.2, 0.25) is 0 Å². The topological polar surface area (TPSA) is 41.5 Å². The van der Waals surface area contributed by atoms with Gasteiger partial charge in [0.05, 0.1) is 5.56 Å². The number of hydrogen-bond donors (Lipinski definition) is 2. The summed E-state index contributed by atoms with van der Waals surface area (Å²) in [6.07, 6.45) is -5.30. The molecule has 0 aliphatic carbocycles. The van der Waals surface area contributed by atoms with Crippen LogP contribution in [0.15, 0.2) is 40.9 Å². The van der Waals surface area contributed by atoms with Crippen LogP contribution in [-0.2, 0) is 6.18 Å². The number of aliphatic hydroxyl groups excluding tert-OH is 1. The molecule has 0 heterocycles. The smallest absolute Gasteiger partial charge is 0.417 e. The molecule has 0 unspecified atom stereocenters. The minimum Gasteiger partial charge on any atom is -0.491 e. The van der Waals surface area contributed by atoms with Gasteiger partial charge in [-0.3, -0.25) is 0 Å². The number of ether oxygens (including phenoxy) is 1. The zero-order chi connectivity index (χ0) is 18.6. The molecule has 0 fully saturated rings. The second kappa shape index (κ2) is 8.10. The summed E-state index contributed by atoms with van der Waals surface area (Å²) in [7, 11) is 0. The Morgan fingerprint density at radius 2 is 1.84 bits per heavy atom. The van der Waals surface area contributed by atoms with E-state index >= 15 is 0 Å². The van der Waals surface area contributed by atoms with Gasteiger partial charge in [-0.25, -0.2) is 0 Å². The zero-order valence-corrected chi connectivity index (χ0v) is 15.4. The molecule has 2 N–H and O–H groups in total. The SMILES string of the molecule is Cc1ccc(OC[C@H](O)CNc2ccc(Br)c(C(F)(F)F)c2)cc1C. The summed E-state index contributed by atoms with van der Waals surface area (Å²) in [5.74, 6) is 0.644. The molecular weight excluding hydrogens is 399 g/mol. The summed E-state index contributed by atoms with van der Waals surface area (Å²) in [4.78, 5) is 0. The largest absolute Gasteiger partial charge is 0.491 e. The van der Waals surface area contributed by atoms with Crippen molar-refractivity contribution in [3.8, 4) is 5.75 Å². The van der Waals surface area contributed by atoms with E-state index in [2.05, 4.69) is 21.2 Å². The molecule has 25 heavy (non-hydrogen) atoms.